The molecule has 0 radical (unpaired) electrons. The van der Waals surface area contributed by atoms with Crippen LogP contribution in [0, 0.1) is 19.8 Å². The molecule has 2 N–H and O–H groups in total. The average Bonchev–Trinajstić information content (AvgIpc) is 2.80. The van der Waals surface area contributed by atoms with Gasteiger partial charge in [-0.25, -0.2) is 0 Å². The molecule has 0 saturated heterocycles. The van der Waals surface area contributed by atoms with Crippen molar-refractivity contribution in [3.8, 4) is 0 Å². The fourth-order valence-electron chi connectivity index (χ4n) is 2.22. The summed E-state index contributed by atoms with van der Waals surface area (Å²) in [7, 11) is 0. The number of aryl methyl sites for hydroxylation is 2. The number of nitrogens with one attached hydrogen (secondary N) is 1. The van der Waals surface area contributed by atoms with Gasteiger partial charge in [0, 0.05) is 11.6 Å². The molecule has 2 unspecified atom stereocenters. The van der Waals surface area contributed by atoms with E-state index in [4.69, 9.17) is 5.11 Å². The number of rotatable bonds is 3. The van der Waals surface area contributed by atoms with Crippen LogP contribution in [0.3, 0.4) is 0 Å². The zero-order chi connectivity index (χ0) is 14.0. The van der Waals surface area contributed by atoms with Crippen molar-refractivity contribution in [3.63, 3.8) is 0 Å². The Hall–Kier alpha value is -2.10. The molecular formula is C15H17NO3. The summed E-state index contributed by atoms with van der Waals surface area (Å²) >= 11 is 0. The van der Waals surface area contributed by atoms with Crippen molar-refractivity contribution in [2.45, 2.75) is 26.3 Å². The Morgan fingerprint density at radius 3 is 2.63 bits per heavy atom. The molecule has 1 amide bonds. The third kappa shape index (κ3) is 3.02. The number of hydrogen-bond acceptors (Lipinski definition) is 2. The Bertz CT molecular complexity index is 548. The molecule has 1 aromatic rings. The number of hydrogen-bond donors (Lipinski definition) is 2. The average molecular weight is 259 g/mol. The molecular weight excluding hydrogens is 242 g/mol. The summed E-state index contributed by atoms with van der Waals surface area (Å²) in [5, 5.41) is 11.8. The highest BCUT2D eigenvalue weighted by molar-refractivity contribution is 5.96. The van der Waals surface area contributed by atoms with Gasteiger partial charge in [0.05, 0.1) is 5.92 Å². The number of benzene rings is 1. The van der Waals surface area contributed by atoms with Crippen LogP contribution in [0.1, 0.15) is 27.9 Å². The minimum Gasteiger partial charge on any atom is -0.481 e. The lowest BCUT2D eigenvalue weighted by Crippen LogP contribution is -2.33. The van der Waals surface area contributed by atoms with Gasteiger partial charge in [0.15, 0.2) is 0 Å². The lowest BCUT2D eigenvalue weighted by molar-refractivity contribution is -0.140. The Morgan fingerprint density at radius 1 is 1.26 bits per heavy atom. The van der Waals surface area contributed by atoms with Crippen LogP contribution in [-0.2, 0) is 4.79 Å². The molecule has 0 fully saturated rings. The van der Waals surface area contributed by atoms with Crippen LogP contribution in [0.25, 0.3) is 0 Å². The Morgan fingerprint density at radius 2 is 2.00 bits per heavy atom. The summed E-state index contributed by atoms with van der Waals surface area (Å²) in [6, 6.07) is 5.52. The van der Waals surface area contributed by atoms with Crippen molar-refractivity contribution >= 4 is 11.9 Å². The molecule has 100 valence electrons. The predicted molar refractivity (Wildman–Crippen MR) is 72.1 cm³/mol. The van der Waals surface area contributed by atoms with Crippen molar-refractivity contribution in [2.24, 2.45) is 5.92 Å². The van der Waals surface area contributed by atoms with Gasteiger partial charge in [0.1, 0.15) is 0 Å². The molecule has 0 aromatic heterocycles. The van der Waals surface area contributed by atoms with E-state index in [1.54, 1.807) is 12.2 Å². The molecule has 2 rings (SSSR count). The fourth-order valence-corrected chi connectivity index (χ4v) is 2.22. The Balaban J connectivity index is 2.05. The minimum atomic E-state index is -0.847. The van der Waals surface area contributed by atoms with Crippen molar-refractivity contribution in [2.75, 3.05) is 0 Å². The monoisotopic (exact) mass is 259 g/mol. The molecule has 0 aliphatic heterocycles. The Kier molecular flexibility index (Phi) is 3.69. The first-order chi connectivity index (χ1) is 8.97. The number of aliphatic carboxylic acids is 1. The highest BCUT2D eigenvalue weighted by Gasteiger charge is 2.25. The number of carbonyl (C=O) groups excluding carboxylic acids is 1. The molecule has 1 aromatic carbocycles. The standard InChI is InChI=1S/C15H17NO3/c1-9-3-4-10(2)13(7-9)14(17)16-12-6-5-11(8-12)15(18)19/h3-7,11-12H,8H2,1-2H3,(H,16,17)(H,18,19). The quantitative estimate of drug-likeness (QED) is 0.816. The fraction of sp³-hybridized carbons (Fsp3) is 0.333. The van der Waals surface area contributed by atoms with Gasteiger partial charge in [-0.15, -0.1) is 0 Å². The van der Waals surface area contributed by atoms with Gasteiger partial charge in [-0.3, -0.25) is 9.59 Å². The van der Waals surface area contributed by atoms with Crippen molar-refractivity contribution in [3.05, 3.63) is 47.0 Å². The van der Waals surface area contributed by atoms with Crippen molar-refractivity contribution < 1.29 is 14.7 Å². The van der Waals surface area contributed by atoms with E-state index in [9.17, 15) is 9.59 Å². The summed E-state index contributed by atoms with van der Waals surface area (Å²) in [5.41, 5.74) is 2.59. The first-order valence-corrected chi connectivity index (χ1v) is 6.26. The summed E-state index contributed by atoms with van der Waals surface area (Å²) in [4.78, 5) is 23.0. The zero-order valence-corrected chi connectivity index (χ0v) is 11.0. The van der Waals surface area contributed by atoms with E-state index in [0.29, 0.717) is 12.0 Å². The van der Waals surface area contributed by atoms with Crippen molar-refractivity contribution in [1.82, 2.24) is 5.32 Å². The molecule has 1 aliphatic carbocycles. The lowest BCUT2D eigenvalue weighted by atomic mass is 10.0. The van der Waals surface area contributed by atoms with Gasteiger partial charge in [-0.05, 0) is 31.9 Å². The maximum Gasteiger partial charge on any atom is 0.310 e. The maximum absolute atomic E-state index is 12.2. The van der Waals surface area contributed by atoms with E-state index in [1.807, 2.05) is 32.0 Å². The van der Waals surface area contributed by atoms with Gasteiger partial charge in [0.2, 0.25) is 0 Å². The van der Waals surface area contributed by atoms with Crippen LogP contribution in [-0.4, -0.2) is 23.0 Å². The number of carboxylic acids is 1. The molecule has 4 nitrogen and oxygen atoms in total. The molecule has 0 bridgehead atoms. The summed E-state index contributed by atoms with van der Waals surface area (Å²) in [6.45, 7) is 3.82. The number of amides is 1. The van der Waals surface area contributed by atoms with Crippen molar-refractivity contribution in [1.29, 1.82) is 0 Å². The van der Waals surface area contributed by atoms with Gasteiger partial charge in [-0.1, -0.05) is 29.8 Å². The largest absolute Gasteiger partial charge is 0.481 e. The van der Waals surface area contributed by atoms with Crippen LogP contribution < -0.4 is 5.32 Å². The molecule has 19 heavy (non-hydrogen) atoms. The van der Waals surface area contributed by atoms with Gasteiger partial charge >= 0.3 is 5.97 Å². The van der Waals surface area contributed by atoms with Crippen LogP contribution in [0.5, 0.6) is 0 Å². The maximum atomic E-state index is 12.2. The van der Waals surface area contributed by atoms with E-state index in [-0.39, 0.29) is 11.9 Å². The summed E-state index contributed by atoms with van der Waals surface area (Å²) in [5.74, 6) is -1.49. The van der Waals surface area contributed by atoms with E-state index >= 15 is 0 Å². The van der Waals surface area contributed by atoms with E-state index in [0.717, 1.165) is 11.1 Å². The second-order valence-corrected chi connectivity index (χ2v) is 4.96. The smallest absolute Gasteiger partial charge is 0.310 e. The molecule has 4 heteroatoms. The topological polar surface area (TPSA) is 66.4 Å². The summed E-state index contributed by atoms with van der Waals surface area (Å²) in [6.07, 6.45) is 3.81. The van der Waals surface area contributed by atoms with E-state index < -0.39 is 11.9 Å². The molecule has 1 aliphatic rings. The van der Waals surface area contributed by atoms with E-state index in [1.165, 1.54) is 0 Å². The second-order valence-electron chi connectivity index (χ2n) is 4.96. The number of carbonyl (C=O) groups is 2. The molecule has 2 atom stereocenters. The van der Waals surface area contributed by atoms with Gasteiger partial charge < -0.3 is 10.4 Å². The molecule has 0 spiro atoms. The SMILES string of the molecule is Cc1ccc(C)c(C(=O)NC2C=CC(C(=O)O)C2)c1. The third-order valence-corrected chi connectivity index (χ3v) is 3.35. The first-order valence-electron chi connectivity index (χ1n) is 6.26. The highest BCUT2D eigenvalue weighted by Crippen LogP contribution is 2.19. The summed E-state index contributed by atoms with van der Waals surface area (Å²) < 4.78 is 0. The number of carboxylic acid groups (broad SMARTS) is 1. The zero-order valence-electron chi connectivity index (χ0n) is 11.0. The van der Waals surface area contributed by atoms with Crippen LogP contribution in [0.4, 0.5) is 0 Å². The molecule has 0 heterocycles. The highest BCUT2D eigenvalue weighted by atomic mass is 16.4. The van der Waals surface area contributed by atoms with E-state index in [2.05, 4.69) is 5.32 Å². The van der Waals surface area contributed by atoms with Gasteiger partial charge in [-0.2, -0.15) is 0 Å². The predicted octanol–water partition coefficient (Wildman–Crippen LogP) is 2.06. The minimum absolute atomic E-state index is 0.151. The van der Waals surface area contributed by atoms with Crippen LogP contribution in [0.15, 0.2) is 30.4 Å². The molecule has 0 saturated carbocycles. The normalized spacial score (nSPS) is 21.4. The Labute approximate surface area is 112 Å². The lowest BCUT2D eigenvalue weighted by Gasteiger charge is -2.13. The third-order valence-electron chi connectivity index (χ3n) is 3.35. The second kappa shape index (κ2) is 5.26. The first kappa shape index (κ1) is 13.3. The van der Waals surface area contributed by atoms with Crippen LogP contribution >= 0.6 is 0 Å². The van der Waals surface area contributed by atoms with Crippen LogP contribution in [0.2, 0.25) is 0 Å². The van der Waals surface area contributed by atoms with Gasteiger partial charge in [0.25, 0.3) is 5.91 Å².